The van der Waals surface area contributed by atoms with Crippen molar-refractivity contribution in [3.05, 3.63) is 0 Å². The number of piperidine rings is 1. The lowest BCUT2D eigenvalue weighted by atomic mass is 9.80. The Balaban J connectivity index is 2.07. The number of amides is 1. The fraction of sp³-hybridized carbons (Fsp3) is 0.933. The molecule has 0 aromatic carbocycles. The molecule has 0 aromatic heterocycles. The van der Waals surface area contributed by atoms with Gasteiger partial charge in [-0.15, -0.1) is 0 Å². The molecule has 0 radical (unpaired) electrons. The van der Waals surface area contributed by atoms with Crippen molar-refractivity contribution in [3.63, 3.8) is 0 Å². The van der Waals surface area contributed by atoms with E-state index in [0.717, 1.165) is 19.4 Å². The summed E-state index contributed by atoms with van der Waals surface area (Å²) >= 11 is 0. The third-order valence-corrected chi connectivity index (χ3v) is 5.15. The van der Waals surface area contributed by atoms with Gasteiger partial charge in [0.25, 0.3) is 0 Å². The van der Waals surface area contributed by atoms with Gasteiger partial charge in [-0.1, -0.05) is 20.3 Å². The molecule has 1 aliphatic heterocycles. The van der Waals surface area contributed by atoms with Crippen LogP contribution in [0, 0.1) is 17.3 Å². The summed E-state index contributed by atoms with van der Waals surface area (Å²) in [5.74, 6) is 1.13. The van der Waals surface area contributed by atoms with E-state index in [2.05, 4.69) is 25.7 Å². The average Bonchev–Trinajstić information content (AvgIpc) is 2.69. The van der Waals surface area contributed by atoms with Crippen molar-refractivity contribution in [2.45, 2.75) is 58.9 Å². The number of carbonyl (C=O) groups is 1. The monoisotopic (exact) mass is 252 g/mol. The van der Waals surface area contributed by atoms with Crippen molar-refractivity contribution >= 4 is 5.91 Å². The summed E-state index contributed by atoms with van der Waals surface area (Å²) in [6.07, 6.45) is 5.75. The SMILES string of the molecule is CC1CCC(CN)CN1C(=O)C1CCCC1(C)C. The van der Waals surface area contributed by atoms with Gasteiger partial charge in [0.05, 0.1) is 0 Å². The Morgan fingerprint density at radius 3 is 2.61 bits per heavy atom. The van der Waals surface area contributed by atoms with Gasteiger partial charge in [-0.25, -0.2) is 0 Å². The van der Waals surface area contributed by atoms with Crippen molar-refractivity contribution in [1.29, 1.82) is 0 Å². The molecule has 3 nitrogen and oxygen atoms in total. The third kappa shape index (κ3) is 2.56. The first-order chi connectivity index (χ1) is 8.45. The van der Waals surface area contributed by atoms with Crippen LogP contribution in [0.5, 0.6) is 0 Å². The molecule has 0 aromatic rings. The lowest BCUT2D eigenvalue weighted by molar-refractivity contribution is -0.142. The number of likely N-dealkylation sites (tertiary alicyclic amines) is 1. The molecule has 104 valence electrons. The molecule has 2 N–H and O–H groups in total. The molecule has 1 heterocycles. The van der Waals surface area contributed by atoms with Gasteiger partial charge >= 0.3 is 0 Å². The van der Waals surface area contributed by atoms with Crippen molar-refractivity contribution in [2.75, 3.05) is 13.1 Å². The van der Waals surface area contributed by atoms with E-state index in [-0.39, 0.29) is 11.3 Å². The molecule has 2 rings (SSSR count). The second kappa shape index (κ2) is 5.20. The van der Waals surface area contributed by atoms with E-state index in [1.54, 1.807) is 0 Å². The zero-order valence-electron chi connectivity index (χ0n) is 12.1. The number of nitrogens with zero attached hydrogens (tertiary/aromatic N) is 1. The smallest absolute Gasteiger partial charge is 0.226 e. The van der Waals surface area contributed by atoms with Crippen LogP contribution in [0.1, 0.15) is 52.9 Å². The fourth-order valence-corrected chi connectivity index (χ4v) is 3.67. The highest BCUT2D eigenvalue weighted by molar-refractivity contribution is 5.80. The van der Waals surface area contributed by atoms with E-state index >= 15 is 0 Å². The molecule has 18 heavy (non-hydrogen) atoms. The van der Waals surface area contributed by atoms with Gasteiger partial charge in [-0.3, -0.25) is 4.79 Å². The molecule has 3 unspecified atom stereocenters. The van der Waals surface area contributed by atoms with E-state index in [4.69, 9.17) is 5.73 Å². The first-order valence-corrected chi connectivity index (χ1v) is 7.46. The molecular formula is C15H28N2O. The van der Waals surface area contributed by atoms with E-state index < -0.39 is 0 Å². The maximum absolute atomic E-state index is 12.8. The molecule has 0 bridgehead atoms. The minimum absolute atomic E-state index is 0.187. The van der Waals surface area contributed by atoms with E-state index in [1.165, 1.54) is 19.3 Å². The quantitative estimate of drug-likeness (QED) is 0.820. The molecule has 2 aliphatic rings. The molecular weight excluding hydrogens is 224 g/mol. The van der Waals surface area contributed by atoms with Gasteiger partial charge in [-0.05, 0) is 50.5 Å². The topological polar surface area (TPSA) is 46.3 Å². The van der Waals surface area contributed by atoms with Crippen LogP contribution in [-0.2, 0) is 4.79 Å². The van der Waals surface area contributed by atoms with Crippen LogP contribution in [0.3, 0.4) is 0 Å². The standard InChI is InChI=1S/C15H28N2O/c1-11-6-7-12(9-16)10-17(11)14(18)13-5-4-8-15(13,2)3/h11-13H,4-10,16H2,1-3H3. The number of hydrogen-bond acceptors (Lipinski definition) is 2. The molecule has 3 heteroatoms. The summed E-state index contributed by atoms with van der Waals surface area (Å²) in [5.41, 5.74) is 5.97. The summed E-state index contributed by atoms with van der Waals surface area (Å²) in [5, 5.41) is 0. The van der Waals surface area contributed by atoms with Crippen molar-refractivity contribution in [3.8, 4) is 0 Å². The Morgan fingerprint density at radius 2 is 2.06 bits per heavy atom. The maximum Gasteiger partial charge on any atom is 0.226 e. The van der Waals surface area contributed by atoms with E-state index in [0.29, 0.717) is 24.4 Å². The zero-order valence-corrected chi connectivity index (χ0v) is 12.1. The normalized spacial score (nSPS) is 35.8. The van der Waals surface area contributed by atoms with Crippen LogP contribution >= 0.6 is 0 Å². The van der Waals surface area contributed by atoms with Crippen LogP contribution in [0.25, 0.3) is 0 Å². The van der Waals surface area contributed by atoms with Crippen molar-refractivity contribution in [2.24, 2.45) is 23.0 Å². The summed E-state index contributed by atoms with van der Waals surface area (Å²) < 4.78 is 0. The number of nitrogens with two attached hydrogens (primary N) is 1. The third-order valence-electron chi connectivity index (χ3n) is 5.15. The largest absolute Gasteiger partial charge is 0.339 e. The summed E-state index contributed by atoms with van der Waals surface area (Å²) in [4.78, 5) is 14.9. The van der Waals surface area contributed by atoms with Gasteiger partial charge in [0.2, 0.25) is 5.91 Å². The number of carbonyl (C=O) groups excluding carboxylic acids is 1. The van der Waals surface area contributed by atoms with Crippen LogP contribution < -0.4 is 5.73 Å². The molecule has 2 fully saturated rings. The first-order valence-electron chi connectivity index (χ1n) is 7.46. The molecule has 1 saturated carbocycles. The summed E-state index contributed by atoms with van der Waals surface area (Å²) in [6.45, 7) is 8.27. The van der Waals surface area contributed by atoms with Crippen LogP contribution in [0.2, 0.25) is 0 Å². The van der Waals surface area contributed by atoms with Crippen molar-refractivity contribution in [1.82, 2.24) is 4.90 Å². The highest BCUT2D eigenvalue weighted by Gasteiger charge is 2.42. The van der Waals surface area contributed by atoms with Gasteiger partial charge in [0.15, 0.2) is 0 Å². The van der Waals surface area contributed by atoms with Crippen LogP contribution in [0.4, 0.5) is 0 Å². The number of hydrogen-bond donors (Lipinski definition) is 1. The first kappa shape index (κ1) is 13.9. The Morgan fingerprint density at radius 1 is 1.33 bits per heavy atom. The minimum Gasteiger partial charge on any atom is -0.339 e. The Hall–Kier alpha value is -0.570. The predicted octanol–water partition coefficient (Wildman–Crippen LogP) is 2.40. The molecule has 3 atom stereocenters. The van der Waals surface area contributed by atoms with Gasteiger partial charge in [0.1, 0.15) is 0 Å². The average molecular weight is 252 g/mol. The second-order valence-corrected chi connectivity index (χ2v) is 6.95. The molecule has 0 spiro atoms. The molecule has 1 amide bonds. The number of rotatable bonds is 2. The van der Waals surface area contributed by atoms with Crippen molar-refractivity contribution < 1.29 is 4.79 Å². The Bertz CT molecular complexity index is 314. The van der Waals surface area contributed by atoms with Gasteiger partial charge < -0.3 is 10.6 Å². The predicted molar refractivity (Wildman–Crippen MR) is 74.1 cm³/mol. The van der Waals surface area contributed by atoms with Crippen LogP contribution in [0.15, 0.2) is 0 Å². The fourth-order valence-electron chi connectivity index (χ4n) is 3.67. The minimum atomic E-state index is 0.187. The van der Waals surface area contributed by atoms with E-state index in [9.17, 15) is 4.79 Å². The lowest BCUT2D eigenvalue weighted by Crippen LogP contribution is -2.50. The highest BCUT2D eigenvalue weighted by atomic mass is 16.2. The highest BCUT2D eigenvalue weighted by Crippen LogP contribution is 2.44. The summed E-state index contributed by atoms with van der Waals surface area (Å²) in [7, 11) is 0. The summed E-state index contributed by atoms with van der Waals surface area (Å²) in [6, 6.07) is 0.400. The Labute approximate surface area is 111 Å². The van der Waals surface area contributed by atoms with E-state index in [1.807, 2.05) is 0 Å². The van der Waals surface area contributed by atoms with Gasteiger partial charge in [-0.2, -0.15) is 0 Å². The van der Waals surface area contributed by atoms with Crippen LogP contribution in [-0.4, -0.2) is 29.9 Å². The lowest BCUT2D eigenvalue weighted by Gasteiger charge is -2.41. The second-order valence-electron chi connectivity index (χ2n) is 6.95. The zero-order chi connectivity index (χ0) is 13.3. The molecule has 1 saturated heterocycles. The molecule has 1 aliphatic carbocycles. The maximum atomic E-state index is 12.8. The van der Waals surface area contributed by atoms with Gasteiger partial charge in [0, 0.05) is 18.5 Å². The Kier molecular flexibility index (Phi) is 4.00.